The first-order chi connectivity index (χ1) is 6.49. The first kappa shape index (κ1) is 11.2. The molecule has 0 saturated carbocycles. The van der Waals surface area contributed by atoms with Gasteiger partial charge in [-0.2, -0.15) is 0 Å². The van der Waals surface area contributed by atoms with Gasteiger partial charge in [0.25, 0.3) is 0 Å². The van der Waals surface area contributed by atoms with E-state index in [9.17, 15) is 9.90 Å². The molecular weight excluding hydrogens is 200 g/mol. The highest BCUT2D eigenvalue weighted by molar-refractivity contribution is 7.80. The van der Waals surface area contributed by atoms with Gasteiger partial charge in [-0.3, -0.25) is 9.13 Å². The molecular formula is C9H16N2O2S. The quantitative estimate of drug-likeness (QED) is 0.749. The van der Waals surface area contributed by atoms with Crippen molar-refractivity contribution in [2.45, 2.75) is 38.9 Å². The van der Waals surface area contributed by atoms with Crippen LogP contribution in [-0.4, -0.2) is 14.2 Å². The zero-order chi connectivity index (χ0) is 10.9. The third-order valence-electron chi connectivity index (χ3n) is 2.04. The van der Waals surface area contributed by atoms with Crippen molar-refractivity contribution in [3.8, 4) is 5.88 Å². The van der Waals surface area contributed by atoms with Gasteiger partial charge in [-0.05, 0) is 12.8 Å². The Bertz CT molecular complexity index is 379. The number of rotatable bonds is 3. The lowest BCUT2D eigenvalue weighted by molar-refractivity contribution is 0.405. The van der Waals surface area contributed by atoms with Crippen molar-refractivity contribution in [3.05, 3.63) is 10.5 Å². The molecule has 0 radical (unpaired) electrons. The summed E-state index contributed by atoms with van der Waals surface area (Å²) >= 11 is 4.12. The molecule has 0 atom stereocenters. The van der Waals surface area contributed by atoms with Crippen molar-refractivity contribution in [2.75, 3.05) is 0 Å². The second-order valence-corrected chi connectivity index (χ2v) is 4.10. The van der Waals surface area contributed by atoms with Gasteiger partial charge in [0, 0.05) is 13.1 Å². The van der Waals surface area contributed by atoms with Gasteiger partial charge in [0.05, 0.1) is 0 Å². The molecule has 0 saturated heterocycles. The van der Waals surface area contributed by atoms with E-state index in [1.54, 1.807) is 0 Å². The average Bonchev–Trinajstić information content (AvgIpc) is 2.30. The summed E-state index contributed by atoms with van der Waals surface area (Å²) in [4.78, 5) is 11.7. The third kappa shape index (κ3) is 1.82. The van der Waals surface area contributed by atoms with Gasteiger partial charge in [-0.15, -0.1) is 12.6 Å². The molecule has 0 aliphatic heterocycles. The van der Waals surface area contributed by atoms with E-state index in [1.165, 1.54) is 9.13 Å². The molecule has 0 aliphatic carbocycles. The predicted octanol–water partition coefficient (Wildman–Crippen LogP) is 1.32. The van der Waals surface area contributed by atoms with Crippen molar-refractivity contribution < 1.29 is 5.11 Å². The average molecular weight is 216 g/mol. The van der Waals surface area contributed by atoms with Crippen molar-refractivity contribution in [2.24, 2.45) is 5.92 Å². The van der Waals surface area contributed by atoms with Crippen LogP contribution in [0.2, 0.25) is 0 Å². The van der Waals surface area contributed by atoms with Crippen LogP contribution in [-0.2, 0) is 13.1 Å². The highest BCUT2D eigenvalue weighted by Gasteiger charge is 2.15. The Morgan fingerprint density at radius 2 is 2.00 bits per heavy atom. The van der Waals surface area contributed by atoms with Crippen LogP contribution in [0.3, 0.4) is 0 Å². The molecule has 4 nitrogen and oxygen atoms in total. The Kier molecular flexibility index (Phi) is 3.31. The fourth-order valence-corrected chi connectivity index (χ4v) is 1.67. The SMILES string of the molecule is CCn1c(O)c(S)n(CC(C)C)c1=O. The fraction of sp³-hybridized carbons (Fsp3) is 0.667. The van der Waals surface area contributed by atoms with Gasteiger partial charge >= 0.3 is 5.69 Å². The molecule has 1 rings (SSSR count). The molecule has 1 N–H and O–H groups in total. The summed E-state index contributed by atoms with van der Waals surface area (Å²) in [5, 5.41) is 9.93. The first-order valence-electron chi connectivity index (χ1n) is 4.70. The van der Waals surface area contributed by atoms with Crippen LogP contribution in [0.5, 0.6) is 5.88 Å². The van der Waals surface area contributed by atoms with E-state index >= 15 is 0 Å². The van der Waals surface area contributed by atoms with Crippen LogP contribution < -0.4 is 5.69 Å². The zero-order valence-corrected chi connectivity index (χ0v) is 9.58. The smallest absolute Gasteiger partial charge is 0.331 e. The van der Waals surface area contributed by atoms with Crippen molar-refractivity contribution in [1.29, 1.82) is 0 Å². The van der Waals surface area contributed by atoms with E-state index in [2.05, 4.69) is 12.6 Å². The second kappa shape index (κ2) is 4.13. The lowest BCUT2D eigenvalue weighted by Crippen LogP contribution is -2.25. The maximum absolute atomic E-state index is 11.7. The Morgan fingerprint density at radius 1 is 1.43 bits per heavy atom. The monoisotopic (exact) mass is 216 g/mol. The summed E-state index contributed by atoms with van der Waals surface area (Å²) in [5.74, 6) is 0.312. The van der Waals surface area contributed by atoms with Crippen molar-refractivity contribution >= 4 is 12.6 Å². The largest absolute Gasteiger partial charge is 0.492 e. The molecule has 0 spiro atoms. The summed E-state index contributed by atoms with van der Waals surface area (Å²) in [6.45, 7) is 6.88. The third-order valence-corrected chi connectivity index (χ3v) is 2.48. The topological polar surface area (TPSA) is 47.2 Å². The van der Waals surface area contributed by atoms with E-state index in [0.717, 1.165) is 0 Å². The molecule has 0 bridgehead atoms. The van der Waals surface area contributed by atoms with Crippen LogP contribution in [0.15, 0.2) is 9.82 Å². The fourth-order valence-electron chi connectivity index (χ4n) is 1.38. The molecule has 14 heavy (non-hydrogen) atoms. The molecule has 80 valence electrons. The summed E-state index contributed by atoms with van der Waals surface area (Å²) in [5.41, 5.74) is -0.191. The molecule has 1 heterocycles. The maximum atomic E-state index is 11.7. The van der Waals surface area contributed by atoms with Crippen LogP contribution in [0.4, 0.5) is 0 Å². The first-order valence-corrected chi connectivity index (χ1v) is 5.15. The highest BCUT2D eigenvalue weighted by Crippen LogP contribution is 2.20. The summed E-state index contributed by atoms with van der Waals surface area (Å²) < 4.78 is 2.80. The van der Waals surface area contributed by atoms with Crippen LogP contribution >= 0.6 is 12.6 Å². The number of aromatic nitrogens is 2. The van der Waals surface area contributed by atoms with E-state index < -0.39 is 0 Å². The van der Waals surface area contributed by atoms with E-state index in [-0.39, 0.29) is 11.6 Å². The number of aromatic hydroxyl groups is 1. The Hall–Kier alpha value is -0.840. The van der Waals surface area contributed by atoms with Gasteiger partial charge in [-0.25, -0.2) is 4.79 Å². The summed E-state index contributed by atoms with van der Waals surface area (Å²) in [6, 6.07) is 0. The molecule has 1 aromatic rings. The Balaban J connectivity index is 3.24. The highest BCUT2D eigenvalue weighted by atomic mass is 32.1. The number of thiol groups is 1. The van der Waals surface area contributed by atoms with E-state index in [4.69, 9.17) is 0 Å². The maximum Gasteiger partial charge on any atom is 0.331 e. The van der Waals surface area contributed by atoms with Crippen molar-refractivity contribution in [3.63, 3.8) is 0 Å². The van der Waals surface area contributed by atoms with Gasteiger partial charge in [0.2, 0.25) is 5.88 Å². The lowest BCUT2D eigenvalue weighted by atomic mass is 10.2. The summed E-state index contributed by atoms with van der Waals surface area (Å²) in [7, 11) is 0. The molecule has 0 aliphatic rings. The standard InChI is InChI=1S/C9H16N2O2S/c1-4-10-7(12)8(14)11(9(10)13)5-6(2)3/h6,12,14H,4-5H2,1-3H3. The van der Waals surface area contributed by atoms with Gasteiger partial charge < -0.3 is 5.11 Å². The molecule has 1 aromatic heterocycles. The number of hydrogen-bond acceptors (Lipinski definition) is 3. The van der Waals surface area contributed by atoms with Crippen LogP contribution in [0.1, 0.15) is 20.8 Å². The lowest BCUT2D eigenvalue weighted by Gasteiger charge is -2.05. The Morgan fingerprint density at radius 3 is 2.36 bits per heavy atom. The molecule has 0 amide bonds. The predicted molar refractivity (Wildman–Crippen MR) is 58.1 cm³/mol. The second-order valence-electron chi connectivity index (χ2n) is 3.68. The van der Waals surface area contributed by atoms with Crippen LogP contribution in [0.25, 0.3) is 0 Å². The number of nitrogens with zero attached hydrogens (tertiary/aromatic N) is 2. The van der Waals surface area contributed by atoms with E-state index in [1.807, 2.05) is 20.8 Å². The molecule has 5 heteroatoms. The number of hydrogen-bond donors (Lipinski definition) is 2. The zero-order valence-electron chi connectivity index (χ0n) is 8.69. The van der Waals surface area contributed by atoms with Gasteiger partial charge in [0.15, 0.2) is 0 Å². The minimum atomic E-state index is -0.191. The van der Waals surface area contributed by atoms with Gasteiger partial charge in [0.1, 0.15) is 5.03 Å². The molecule has 0 aromatic carbocycles. The van der Waals surface area contributed by atoms with E-state index in [0.29, 0.717) is 24.0 Å². The molecule has 0 unspecified atom stereocenters. The Labute approximate surface area is 88.6 Å². The van der Waals surface area contributed by atoms with Crippen LogP contribution in [0, 0.1) is 5.92 Å². The molecule has 0 fully saturated rings. The minimum absolute atomic E-state index is 0.0403. The van der Waals surface area contributed by atoms with Crippen molar-refractivity contribution in [1.82, 2.24) is 9.13 Å². The van der Waals surface area contributed by atoms with Gasteiger partial charge in [-0.1, -0.05) is 13.8 Å². The minimum Gasteiger partial charge on any atom is -0.492 e. The summed E-state index contributed by atoms with van der Waals surface area (Å²) in [6.07, 6.45) is 0. The normalized spacial score (nSPS) is 11.2. The number of imidazole rings is 1.